The summed E-state index contributed by atoms with van der Waals surface area (Å²) in [7, 11) is 0. The van der Waals surface area contributed by atoms with Gasteiger partial charge in [0.1, 0.15) is 5.75 Å². The Bertz CT molecular complexity index is 1330. The molecule has 0 radical (unpaired) electrons. The first-order chi connectivity index (χ1) is 13.8. The van der Waals surface area contributed by atoms with Gasteiger partial charge in [-0.2, -0.15) is 9.50 Å². The molecule has 146 valence electrons. The molecule has 0 saturated heterocycles. The second-order valence-electron chi connectivity index (χ2n) is 6.99. The number of carbonyl (C=O) groups is 1. The molecule has 6 nitrogen and oxygen atoms in total. The number of hydrogen-bond acceptors (Lipinski definition) is 6. The molecule has 0 bridgehead atoms. The van der Waals surface area contributed by atoms with Crippen LogP contribution in [-0.4, -0.2) is 20.6 Å². The van der Waals surface area contributed by atoms with Crippen molar-refractivity contribution in [3.8, 4) is 17.1 Å². The van der Waals surface area contributed by atoms with Gasteiger partial charge >= 0.3 is 5.97 Å². The Balaban J connectivity index is 1.75. The Morgan fingerprint density at radius 3 is 2.34 bits per heavy atom. The van der Waals surface area contributed by atoms with Gasteiger partial charge in [0.05, 0.1) is 4.53 Å². The fourth-order valence-corrected chi connectivity index (χ4v) is 4.09. The molecule has 4 aromatic rings. The molecule has 0 N–H and O–H groups in total. The van der Waals surface area contributed by atoms with Gasteiger partial charge in [-0.25, -0.2) is 0 Å². The van der Waals surface area contributed by atoms with Crippen LogP contribution < -0.4 is 14.8 Å². The van der Waals surface area contributed by atoms with E-state index in [1.807, 2.05) is 63.2 Å². The number of hydrogen-bond donors (Lipinski definition) is 0. The van der Waals surface area contributed by atoms with Crippen LogP contribution in [0.25, 0.3) is 22.4 Å². The van der Waals surface area contributed by atoms with Crippen molar-refractivity contribution in [3.63, 3.8) is 0 Å². The van der Waals surface area contributed by atoms with Crippen LogP contribution in [0.2, 0.25) is 0 Å². The largest absolute Gasteiger partial charge is 0.426 e. The molecule has 0 aliphatic rings. The van der Waals surface area contributed by atoms with Crippen LogP contribution in [0, 0.1) is 20.8 Å². The Hall–Kier alpha value is -3.32. The fraction of sp³-hybridized carbons (Fsp3) is 0.182. The monoisotopic (exact) mass is 405 g/mol. The highest BCUT2D eigenvalue weighted by molar-refractivity contribution is 7.15. The van der Waals surface area contributed by atoms with E-state index in [9.17, 15) is 9.59 Å². The first-order valence-electron chi connectivity index (χ1n) is 9.10. The molecule has 29 heavy (non-hydrogen) atoms. The highest BCUT2D eigenvalue weighted by atomic mass is 32.1. The van der Waals surface area contributed by atoms with Crippen molar-refractivity contribution in [3.05, 3.63) is 73.5 Å². The smallest absolute Gasteiger partial charge is 0.308 e. The molecular formula is C22H19N3O3S. The van der Waals surface area contributed by atoms with Crippen molar-refractivity contribution in [2.45, 2.75) is 27.7 Å². The normalized spacial score (nSPS) is 11.9. The number of ether oxygens (including phenoxy) is 1. The van der Waals surface area contributed by atoms with Gasteiger partial charge in [0.15, 0.2) is 5.82 Å². The summed E-state index contributed by atoms with van der Waals surface area (Å²) in [6.07, 6.45) is 1.81. The third kappa shape index (κ3) is 3.69. The van der Waals surface area contributed by atoms with Crippen LogP contribution in [0.15, 0.2) is 41.2 Å². The maximum absolute atomic E-state index is 12.8. The SMILES string of the molecule is CC(=O)Oc1c(C)cc(/C=c2/sc3nc(-c4ccc(C)cc4)nn3c2=O)cc1C. The molecule has 0 atom stereocenters. The van der Waals surface area contributed by atoms with Gasteiger partial charge in [-0.3, -0.25) is 9.59 Å². The number of benzene rings is 2. The number of carbonyl (C=O) groups excluding carboxylic acids is 1. The van der Waals surface area contributed by atoms with Gasteiger partial charge in [-0.1, -0.05) is 41.2 Å². The molecule has 0 unspecified atom stereocenters. The first kappa shape index (κ1) is 19.0. The lowest BCUT2D eigenvalue weighted by molar-refractivity contribution is -0.131. The molecule has 0 spiro atoms. The summed E-state index contributed by atoms with van der Waals surface area (Å²) in [5, 5.41) is 4.38. The zero-order valence-corrected chi connectivity index (χ0v) is 17.3. The van der Waals surface area contributed by atoms with Crippen molar-refractivity contribution < 1.29 is 9.53 Å². The van der Waals surface area contributed by atoms with Crippen LogP contribution in [0.3, 0.4) is 0 Å². The van der Waals surface area contributed by atoms with Gasteiger partial charge in [-0.15, -0.1) is 5.10 Å². The van der Waals surface area contributed by atoms with E-state index in [0.29, 0.717) is 21.1 Å². The average Bonchev–Trinajstić information content (AvgIpc) is 3.19. The first-order valence-corrected chi connectivity index (χ1v) is 9.91. The van der Waals surface area contributed by atoms with E-state index in [-0.39, 0.29) is 11.5 Å². The van der Waals surface area contributed by atoms with Gasteiger partial charge in [0.25, 0.3) is 5.56 Å². The molecule has 0 aliphatic heterocycles. The third-order valence-corrected chi connectivity index (χ3v) is 5.48. The lowest BCUT2D eigenvalue weighted by Gasteiger charge is -2.10. The zero-order valence-electron chi connectivity index (χ0n) is 16.5. The molecule has 4 rings (SSSR count). The van der Waals surface area contributed by atoms with Gasteiger partial charge in [-0.05, 0) is 55.7 Å². The van der Waals surface area contributed by atoms with E-state index in [2.05, 4.69) is 10.1 Å². The molecule has 0 amide bonds. The fourth-order valence-electron chi connectivity index (χ4n) is 3.18. The number of aromatic nitrogens is 3. The summed E-state index contributed by atoms with van der Waals surface area (Å²) in [6.45, 7) is 7.14. The second-order valence-corrected chi connectivity index (χ2v) is 8.00. The lowest BCUT2D eigenvalue weighted by atomic mass is 10.1. The minimum absolute atomic E-state index is 0.199. The third-order valence-electron chi connectivity index (χ3n) is 4.52. The van der Waals surface area contributed by atoms with E-state index in [4.69, 9.17) is 4.74 Å². The number of nitrogens with zero attached hydrogens (tertiary/aromatic N) is 3. The maximum atomic E-state index is 12.8. The van der Waals surface area contributed by atoms with Gasteiger partial charge in [0, 0.05) is 12.5 Å². The second kappa shape index (κ2) is 7.25. The Morgan fingerprint density at radius 2 is 1.76 bits per heavy atom. The van der Waals surface area contributed by atoms with Crippen molar-refractivity contribution in [2.75, 3.05) is 0 Å². The van der Waals surface area contributed by atoms with Crippen molar-refractivity contribution in [1.82, 2.24) is 14.6 Å². The summed E-state index contributed by atoms with van der Waals surface area (Å²) in [5.41, 5.74) is 4.36. The lowest BCUT2D eigenvalue weighted by Crippen LogP contribution is -2.23. The number of thiazole rings is 1. The van der Waals surface area contributed by atoms with Crippen molar-refractivity contribution in [2.24, 2.45) is 0 Å². The minimum atomic E-state index is -0.357. The van der Waals surface area contributed by atoms with E-state index in [1.54, 1.807) is 0 Å². The Kier molecular flexibility index (Phi) is 4.76. The average molecular weight is 405 g/mol. The van der Waals surface area contributed by atoms with Crippen molar-refractivity contribution in [1.29, 1.82) is 0 Å². The Labute approximate surface area is 171 Å². The quantitative estimate of drug-likeness (QED) is 0.387. The number of rotatable bonds is 3. The highest BCUT2D eigenvalue weighted by Gasteiger charge is 2.13. The van der Waals surface area contributed by atoms with Crippen LogP contribution in [-0.2, 0) is 4.79 Å². The maximum Gasteiger partial charge on any atom is 0.308 e. The van der Waals surface area contributed by atoms with E-state index in [0.717, 1.165) is 27.8 Å². The molecule has 2 aromatic heterocycles. The minimum Gasteiger partial charge on any atom is -0.426 e. The summed E-state index contributed by atoms with van der Waals surface area (Å²) >= 11 is 1.30. The van der Waals surface area contributed by atoms with Crippen LogP contribution in [0.5, 0.6) is 5.75 Å². The molecule has 7 heteroatoms. The summed E-state index contributed by atoms with van der Waals surface area (Å²) in [6, 6.07) is 11.7. The van der Waals surface area contributed by atoms with Gasteiger partial charge < -0.3 is 4.74 Å². The van der Waals surface area contributed by atoms with Crippen LogP contribution in [0.1, 0.15) is 29.2 Å². The molecule has 0 saturated carbocycles. The highest BCUT2D eigenvalue weighted by Crippen LogP contribution is 2.25. The number of fused-ring (bicyclic) bond motifs is 1. The topological polar surface area (TPSA) is 73.6 Å². The Morgan fingerprint density at radius 1 is 1.10 bits per heavy atom. The number of esters is 1. The van der Waals surface area contributed by atoms with E-state index < -0.39 is 0 Å². The summed E-state index contributed by atoms with van der Waals surface area (Å²) in [4.78, 5) is 29.1. The molecule has 0 aliphatic carbocycles. The molecule has 0 fully saturated rings. The van der Waals surface area contributed by atoms with Gasteiger partial charge in [0.2, 0.25) is 4.96 Å². The predicted octanol–water partition coefficient (Wildman–Crippen LogP) is 3.22. The summed E-state index contributed by atoms with van der Waals surface area (Å²) in [5.74, 6) is 0.740. The van der Waals surface area contributed by atoms with E-state index in [1.165, 1.54) is 22.8 Å². The molecule has 2 aromatic carbocycles. The molecule has 2 heterocycles. The standard InChI is InChI=1S/C22H19N3O3S/c1-12-5-7-17(8-6-12)20-23-22-25(24-20)21(27)18(29-22)11-16-9-13(2)19(14(3)10-16)28-15(4)26/h5-11H,1-4H3/b18-11+. The summed E-state index contributed by atoms with van der Waals surface area (Å²) < 4.78 is 7.16. The zero-order chi connectivity index (χ0) is 20.7. The van der Waals surface area contributed by atoms with E-state index >= 15 is 0 Å². The van der Waals surface area contributed by atoms with Crippen molar-refractivity contribution >= 4 is 28.3 Å². The predicted molar refractivity (Wildman–Crippen MR) is 113 cm³/mol. The van der Waals surface area contributed by atoms with Crippen LogP contribution in [0.4, 0.5) is 0 Å². The van der Waals surface area contributed by atoms with Crippen LogP contribution >= 0.6 is 11.3 Å². The molecular weight excluding hydrogens is 386 g/mol. The number of aryl methyl sites for hydroxylation is 3.